The number of benzene rings is 1. The Hall–Kier alpha value is -1.66. The fraction of sp³-hybridized carbons (Fsp3) is 0.308. The Bertz CT molecular complexity index is 570. The smallest absolute Gasteiger partial charge is 0.282 e. The van der Waals surface area contributed by atoms with Gasteiger partial charge in [-0.15, -0.1) is 10.2 Å². The fourth-order valence-electron chi connectivity index (χ4n) is 1.48. The zero-order chi connectivity index (χ0) is 14.4. The first-order valence-corrected chi connectivity index (χ1v) is 7.48. The van der Waals surface area contributed by atoms with Gasteiger partial charge in [-0.1, -0.05) is 42.0 Å². The van der Waals surface area contributed by atoms with Crippen molar-refractivity contribution in [3.63, 3.8) is 0 Å². The lowest BCUT2D eigenvalue weighted by Gasteiger charge is -2.02. The monoisotopic (exact) mass is 310 g/mol. The first-order valence-electron chi connectivity index (χ1n) is 6.29. The molecule has 1 aromatic heterocycles. The van der Waals surface area contributed by atoms with Gasteiger partial charge in [-0.3, -0.25) is 4.79 Å². The van der Waals surface area contributed by atoms with E-state index in [9.17, 15) is 4.79 Å². The summed E-state index contributed by atoms with van der Waals surface area (Å²) in [4.78, 5) is 11.9. The summed E-state index contributed by atoms with van der Waals surface area (Å²) in [5, 5.41) is 15.4. The maximum Gasteiger partial charge on any atom is 0.282 e. The van der Waals surface area contributed by atoms with Crippen LogP contribution in [0.15, 0.2) is 24.3 Å². The second-order valence-electron chi connectivity index (χ2n) is 4.15. The molecule has 0 atom stereocenters. The highest BCUT2D eigenvalue weighted by molar-refractivity contribution is 7.17. The molecule has 0 bridgehead atoms. The summed E-state index contributed by atoms with van der Waals surface area (Å²) in [6.45, 7) is 3.32. The minimum atomic E-state index is -0.220. The summed E-state index contributed by atoms with van der Waals surface area (Å²) in [6, 6.07) is 7.33. The number of amides is 1. The zero-order valence-corrected chi connectivity index (χ0v) is 12.6. The van der Waals surface area contributed by atoms with Crippen molar-refractivity contribution in [2.45, 2.75) is 19.9 Å². The van der Waals surface area contributed by atoms with E-state index >= 15 is 0 Å². The second-order valence-corrected chi connectivity index (χ2v) is 5.56. The van der Waals surface area contributed by atoms with Gasteiger partial charge in [-0.2, -0.15) is 0 Å². The van der Waals surface area contributed by atoms with E-state index in [0.29, 0.717) is 21.7 Å². The van der Waals surface area contributed by atoms with E-state index in [2.05, 4.69) is 27.8 Å². The normalized spacial score (nSPS) is 10.3. The van der Waals surface area contributed by atoms with Gasteiger partial charge in [0, 0.05) is 18.1 Å². The molecular formula is C13H15ClN4OS. The SMILES string of the molecule is CCCNc1nnc(C(=O)NCc2ccc(Cl)cc2)s1. The molecule has 1 amide bonds. The van der Waals surface area contributed by atoms with E-state index in [1.165, 1.54) is 11.3 Å². The number of nitrogens with one attached hydrogen (secondary N) is 2. The van der Waals surface area contributed by atoms with Crippen molar-refractivity contribution in [3.05, 3.63) is 39.9 Å². The lowest BCUT2D eigenvalue weighted by atomic mass is 10.2. The average Bonchev–Trinajstić information content (AvgIpc) is 2.93. The van der Waals surface area contributed by atoms with Gasteiger partial charge in [-0.25, -0.2) is 0 Å². The molecule has 1 aromatic carbocycles. The summed E-state index contributed by atoms with van der Waals surface area (Å²) < 4.78 is 0. The lowest BCUT2D eigenvalue weighted by Crippen LogP contribution is -2.22. The Morgan fingerprint density at radius 3 is 2.75 bits per heavy atom. The van der Waals surface area contributed by atoms with Crippen LogP contribution in [0, 0.1) is 0 Å². The Morgan fingerprint density at radius 1 is 1.30 bits per heavy atom. The molecule has 0 fully saturated rings. The van der Waals surface area contributed by atoms with E-state index in [1.54, 1.807) is 12.1 Å². The predicted molar refractivity (Wildman–Crippen MR) is 81.3 cm³/mol. The molecule has 0 unspecified atom stereocenters. The van der Waals surface area contributed by atoms with Gasteiger partial charge in [-0.05, 0) is 24.1 Å². The van der Waals surface area contributed by atoms with Gasteiger partial charge < -0.3 is 10.6 Å². The minimum Gasteiger partial charge on any atom is -0.360 e. The molecule has 2 N–H and O–H groups in total. The third-order valence-corrected chi connectivity index (χ3v) is 3.64. The largest absolute Gasteiger partial charge is 0.360 e. The molecule has 0 aliphatic rings. The van der Waals surface area contributed by atoms with Crippen LogP contribution >= 0.6 is 22.9 Å². The first-order chi connectivity index (χ1) is 9.69. The van der Waals surface area contributed by atoms with Crippen LogP contribution in [0.2, 0.25) is 5.02 Å². The molecule has 0 radical (unpaired) electrons. The lowest BCUT2D eigenvalue weighted by molar-refractivity contribution is 0.0950. The number of anilines is 1. The van der Waals surface area contributed by atoms with E-state index in [-0.39, 0.29) is 5.91 Å². The van der Waals surface area contributed by atoms with Crippen LogP contribution in [0.5, 0.6) is 0 Å². The van der Waals surface area contributed by atoms with Crippen LogP contribution < -0.4 is 10.6 Å². The average molecular weight is 311 g/mol. The summed E-state index contributed by atoms with van der Waals surface area (Å²) in [5.74, 6) is -0.220. The van der Waals surface area contributed by atoms with Crippen LogP contribution in [0.4, 0.5) is 5.13 Å². The van der Waals surface area contributed by atoms with Crippen LogP contribution in [-0.2, 0) is 6.54 Å². The summed E-state index contributed by atoms with van der Waals surface area (Å²) in [7, 11) is 0. The molecule has 2 rings (SSSR count). The van der Waals surface area contributed by atoms with Crippen LogP contribution in [0.25, 0.3) is 0 Å². The van der Waals surface area contributed by atoms with Crippen molar-refractivity contribution in [3.8, 4) is 0 Å². The molecule has 0 aliphatic carbocycles. The summed E-state index contributed by atoms with van der Waals surface area (Å²) in [5.41, 5.74) is 0.983. The first kappa shape index (κ1) is 14.7. The van der Waals surface area contributed by atoms with Crippen LogP contribution in [-0.4, -0.2) is 22.6 Å². The van der Waals surface area contributed by atoms with E-state index < -0.39 is 0 Å². The van der Waals surface area contributed by atoms with Crippen molar-refractivity contribution < 1.29 is 4.79 Å². The highest BCUT2D eigenvalue weighted by atomic mass is 35.5. The molecule has 0 spiro atoms. The van der Waals surface area contributed by atoms with Crippen LogP contribution in [0.3, 0.4) is 0 Å². The molecule has 0 aliphatic heterocycles. The standard InChI is InChI=1S/C13H15ClN4OS/c1-2-7-15-13-18-17-12(20-13)11(19)16-8-9-3-5-10(14)6-4-9/h3-6H,2,7-8H2,1H3,(H,15,18)(H,16,19). The Morgan fingerprint density at radius 2 is 2.05 bits per heavy atom. The van der Waals surface area contributed by atoms with Gasteiger partial charge in [0.05, 0.1) is 0 Å². The number of carbonyl (C=O) groups is 1. The van der Waals surface area contributed by atoms with E-state index in [4.69, 9.17) is 11.6 Å². The number of halogens is 1. The molecule has 0 saturated heterocycles. The number of aromatic nitrogens is 2. The van der Waals surface area contributed by atoms with Crippen molar-refractivity contribution >= 4 is 34.0 Å². The van der Waals surface area contributed by atoms with Crippen molar-refractivity contribution in [2.24, 2.45) is 0 Å². The second kappa shape index (κ2) is 7.21. The van der Waals surface area contributed by atoms with Crippen molar-refractivity contribution in [1.82, 2.24) is 15.5 Å². The molecule has 2 aromatic rings. The zero-order valence-electron chi connectivity index (χ0n) is 11.0. The van der Waals surface area contributed by atoms with Gasteiger partial charge >= 0.3 is 0 Å². The molecule has 0 saturated carbocycles. The number of rotatable bonds is 6. The number of nitrogens with zero attached hydrogens (tertiary/aromatic N) is 2. The Kier molecular flexibility index (Phi) is 5.31. The maximum absolute atomic E-state index is 11.9. The molecule has 106 valence electrons. The summed E-state index contributed by atoms with van der Waals surface area (Å²) in [6.07, 6.45) is 0.998. The molecule has 20 heavy (non-hydrogen) atoms. The molecule has 5 nitrogen and oxygen atoms in total. The minimum absolute atomic E-state index is 0.220. The van der Waals surface area contributed by atoms with E-state index in [0.717, 1.165) is 18.5 Å². The van der Waals surface area contributed by atoms with Gasteiger partial charge in [0.1, 0.15) is 0 Å². The van der Waals surface area contributed by atoms with Crippen LogP contribution in [0.1, 0.15) is 28.7 Å². The number of carbonyl (C=O) groups excluding carboxylic acids is 1. The van der Waals surface area contributed by atoms with Crippen molar-refractivity contribution in [1.29, 1.82) is 0 Å². The molecule has 7 heteroatoms. The number of hydrogen-bond acceptors (Lipinski definition) is 5. The van der Waals surface area contributed by atoms with Gasteiger partial charge in [0.25, 0.3) is 5.91 Å². The Balaban J connectivity index is 1.88. The highest BCUT2D eigenvalue weighted by Gasteiger charge is 2.12. The van der Waals surface area contributed by atoms with Gasteiger partial charge in [0.15, 0.2) is 0 Å². The highest BCUT2D eigenvalue weighted by Crippen LogP contribution is 2.15. The number of hydrogen-bond donors (Lipinski definition) is 2. The summed E-state index contributed by atoms with van der Waals surface area (Å²) >= 11 is 7.06. The third kappa shape index (κ3) is 4.18. The third-order valence-electron chi connectivity index (χ3n) is 2.51. The maximum atomic E-state index is 11.9. The van der Waals surface area contributed by atoms with Gasteiger partial charge in [0.2, 0.25) is 10.1 Å². The fourth-order valence-corrected chi connectivity index (χ4v) is 2.29. The predicted octanol–water partition coefficient (Wildman–Crippen LogP) is 2.94. The quantitative estimate of drug-likeness (QED) is 0.861. The Labute approximate surface area is 126 Å². The molecule has 1 heterocycles. The van der Waals surface area contributed by atoms with Crippen molar-refractivity contribution in [2.75, 3.05) is 11.9 Å². The molecular weight excluding hydrogens is 296 g/mol. The van der Waals surface area contributed by atoms with E-state index in [1.807, 2.05) is 12.1 Å². The topological polar surface area (TPSA) is 66.9 Å².